The first kappa shape index (κ1) is 16.2. The lowest BCUT2D eigenvalue weighted by molar-refractivity contribution is -0.186. The maximum Gasteiger partial charge on any atom is 0.391 e. The van der Waals surface area contributed by atoms with Crippen LogP contribution < -0.4 is 11.1 Å². The van der Waals surface area contributed by atoms with Crippen molar-refractivity contribution in [2.45, 2.75) is 44.7 Å². The summed E-state index contributed by atoms with van der Waals surface area (Å²) < 4.78 is 37.8. The number of hydrogen-bond acceptors (Lipinski definition) is 2. The molecule has 0 aromatic rings. The average Bonchev–Trinajstić information content (AvgIpc) is 2.33. The largest absolute Gasteiger partial charge is 0.393 e. The third-order valence-corrected chi connectivity index (χ3v) is 3.61. The van der Waals surface area contributed by atoms with Crippen LogP contribution in [0.3, 0.4) is 0 Å². The summed E-state index contributed by atoms with van der Waals surface area (Å²) in [5, 5.41) is 2.66. The molecule has 110 valence electrons. The molecule has 0 aliphatic heterocycles. The summed E-state index contributed by atoms with van der Waals surface area (Å²) in [6.45, 7) is 0.406. The number of alkyl halides is 3. The van der Waals surface area contributed by atoms with Crippen LogP contribution in [0.1, 0.15) is 38.5 Å². The number of nitrogens with one attached hydrogen (secondary N) is 1. The molecule has 19 heavy (non-hydrogen) atoms. The van der Waals surface area contributed by atoms with Gasteiger partial charge in [0.05, 0.1) is 10.9 Å². The van der Waals surface area contributed by atoms with Crippen molar-refractivity contribution in [3.05, 3.63) is 0 Å². The zero-order valence-corrected chi connectivity index (χ0v) is 11.4. The molecule has 0 aromatic heterocycles. The second-order valence-corrected chi connectivity index (χ2v) is 5.49. The van der Waals surface area contributed by atoms with Crippen LogP contribution in [0.2, 0.25) is 0 Å². The third-order valence-electron chi connectivity index (χ3n) is 3.41. The van der Waals surface area contributed by atoms with Crippen molar-refractivity contribution in [1.82, 2.24) is 5.32 Å². The molecule has 1 saturated carbocycles. The maximum absolute atomic E-state index is 12.6. The highest BCUT2D eigenvalue weighted by atomic mass is 32.1. The van der Waals surface area contributed by atoms with Gasteiger partial charge >= 0.3 is 6.18 Å². The molecule has 0 aromatic carbocycles. The number of nitrogens with two attached hydrogens (primary N) is 1. The minimum absolute atomic E-state index is 0.0926. The van der Waals surface area contributed by atoms with Crippen molar-refractivity contribution < 1.29 is 18.0 Å². The normalized spacial score (nSPS) is 23.9. The molecule has 1 amide bonds. The van der Waals surface area contributed by atoms with E-state index in [2.05, 4.69) is 5.32 Å². The van der Waals surface area contributed by atoms with Gasteiger partial charge in [-0.2, -0.15) is 13.2 Å². The van der Waals surface area contributed by atoms with Gasteiger partial charge in [-0.25, -0.2) is 0 Å². The Labute approximate surface area is 116 Å². The fourth-order valence-electron chi connectivity index (χ4n) is 2.34. The van der Waals surface area contributed by atoms with Crippen LogP contribution in [0.4, 0.5) is 13.2 Å². The fraction of sp³-hybridized carbons (Fsp3) is 0.833. The van der Waals surface area contributed by atoms with Gasteiger partial charge in [-0.1, -0.05) is 18.6 Å². The summed E-state index contributed by atoms with van der Waals surface area (Å²) in [7, 11) is 0. The van der Waals surface area contributed by atoms with Gasteiger partial charge < -0.3 is 11.1 Å². The SMILES string of the molecule is NC(=S)CCCNC(=O)C1CCCC(C(F)(F)F)C1. The van der Waals surface area contributed by atoms with Crippen LogP contribution in [0.25, 0.3) is 0 Å². The van der Waals surface area contributed by atoms with Gasteiger partial charge in [-0.3, -0.25) is 4.79 Å². The monoisotopic (exact) mass is 296 g/mol. The number of thiocarbonyl (C=S) groups is 1. The van der Waals surface area contributed by atoms with Crippen molar-refractivity contribution in [3.63, 3.8) is 0 Å². The summed E-state index contributed by atoms with van der Waals surface area (Å²) >= 11 is 4.70. The average molecular weight is 296 g/mol. The summed E-state index contributed by atoms with van der Waals surface area (Å²) in [4.78, 5) is 12.2. The summed E-state index contributed by atoms with van der Waals surface area (Å²) in [5.41, 5.74) is 5.31. The van der Waals surface area contributed by atoms with Crippen molar-refractivity contribution >= 4 is 23.1 Å². The maximum atomic E-state index is 12.6. The van der Waals surface area contributed by atoms with Gasteiger partial charge in [0.1, 0.15) is 0 Å². The van der Waals surface area contributed by atoms with Crippen molar-refractivity contribution in [2.75, 3.05) is 6.54 Å². The Morgan fingerprint density at radius 1 is 1.37 bits per heavy atom. The van der Waals surface area contributed by atoms with E-state index in [1.165, 1.54) is 0 Å². The van der Waals surface area contributed by atoms with E-state index < -0.39 is 18.0 Å². The highest BCUT2D eigenvalue weighted by Crippen LogP contribution is 2.39. The molecule has 1 aliphatic carbocycles. The number of amides is 1. The first-order valence-corrected chi connectivity index (χ1v) is 6.84. The van der Waals surface area contributed by atoms with Crippen LogP contribution in [0, 0.1) is 11.8 Å². The smallest absolute Gasteiger partial charge is 0.391 e. The Bertz CT molecular complexity index is 333. The van der Waals surface area contributed by atoms with Crippen LogP contribution in [-0.2, 0) is 4.79 Å². The first-order valence-electron chi connectivity index (χ1n) is 6.43. The van der Waals surface area contributed by atoms with E-state index in [0.717, 1.165) is 0 Å². The van der Waals surface area contributed by atoms with E-state index in [0.29, 0.717) is 37.2 Å². The molecular formula is C12H19F3N2OS. The molecule has 2 unspecified atom stereocenters. The minimum atomic E-state index is -4.19. The Morgan fingerprint density at radius 2 is 2.05 bits per heavy atom. The number of carbonyl (C=O) groups is 1. The number of rotatable bonds is 5. The zero-order valence-electron chi connectivity index (χ0n) is 10.6. The van der Waals surface area contributed by atoms with Crippen molar-refractivity contribution in [2.24, 2.45) is 17.6 Å². The van der Waals surface area contributed by atoms with E-state index in [1.807, 2.05) is 0 Å². The van der Waals surface area contributed by atoms with Crippen LogP contribution in [0.15, 0.2) is 0 Å². The topological polar surface area (TPSA) is 55.1 Å². The Morgan fingerprint density at radius 3 is 2.63 bits per heavy atom. The summed E-state index contributed by atoms with van der Waals surface area (Å²) in [5.74, 6) is -2.14. The van der Waals surface area contributed by atoms with Gasteiger partial charge in [-0.05, 0) is 32.1 Å². The lowest BCUT2D eigenvalue weighted by atomic mass is 9.80. The van der Waals surface area contributed by atoms with Gasteiger partial charge in [0.25, 0.3) is 0 Å². The van der Waals surface area contributed by atoms with Crippen LogP contribution in [-0.4, -0.2) is 23.6 Å². The Kier molecular flexibility index (Phi) is 6.03. The fourth-order valence-corrected chi connectivity index (χ4v) is 2.49. The molecule has 2 atom stereocenters. The highest BCUT2D eigenvalue weighted by Gasteiger charge is 2.43. The lowest BCUT2D eigenvalue weighted by Crippen LogP contribution is -2.37. The molecule has 1 rings (SSSR count). The van der Waals surface area contributed by atoms with E-state index in [-0.39, 0.29) is 18.7 Å². The Hall–Kier alpha value is -0.850. The summed E-state index contributed by atoms with van der Waals surface area (Å²) in [6.07, 6.45) is -2.01. The molecule has 1 fully saturated rings. The number of carbonyl (C=O) groups excluding carboxylic acids is 1. The van der Waals surface area contributed by atoms with Crippen LogP contribution >= 0.6 is 12.2 Å². The van der Waals surface area contributed by atoms with Crippen LogP contribution in [0.5, 0.6) is 0 Å². The molecule has 3 N–H and O–H groups in total. The Balaban J connectivity index is 2.34. The predicted molar refractivity (Wildman–Crippen MR) is 70.5 cm³/mol. The molecule has 0 heterocycles. The molecule has 3 nitrogen and oxygen atoms in total. The number of hydrogen-bond donors (Lipinski definition) is 2. The lowest BCUT2D eigenvalue weighted by Gasteiger charge is -2.29. The van der Waals surface area contributed by atoms with E-state index in [4.69, 9.17) is 18.0 Å². The van der Waals surface area contributed by atoms with E-state index in [1.54, 1.807) is 0 Å². The predicted octanol–water partition coefficient (Wildman–Crippen LogP) is 2.54. The zero-order chi connectivity index (χ0) is 14.5. The third kappa shape index (κ3) is 5.76. The molecule has 0 saturated heterocycles. The van der Waals surface area contributed by atoms with Gasteiger partial charge in [-0.15, -0.1) is 0 Å². The molecular weight excluding hydrogens is 277 g/mol. The quantitative estimate of drug-likeness (QED) is 0.605. The van der Waals surface area contributed by atoms with Gasteiger partial charge in [0, 0.05) is 12.5 Å². The molecule has 0 radical (unpaired) electrons. The van der Waals surface area contributed by atoms with Gasteiger partial charge in [0.2, 0.25) is 5.91 Å². The number of halogens is 3. The first-order chi connectivity index (χ1) is 8.80. The highest BCUT2D eigenvalue weighted by molar-refractivity contribution is 7.80. The minimum Gasteiger partial charge on any atom is -0.393 e. The summed E-state index contributed by atoms with van der Waals surface area (Å²) in [6, 6.07) is 0. The molecule has 0 spiro atoms. The van der Waals surface area contributed by atoms with Gasteiger partial charge in [0.15, 0.2) is 0 Å². The molecule has 0 bridgehead atoms. The molecule has 1 aliphatic rings. The molecule has 7 heteroatoms. The van der Waals surface area contributed by atoms with E-state index >= 15 is 0 Å². The second kappa shape index (κ2) is 7.07. The standard InChI is InChI=1S/C12H19F3N2OS/c13-12(14,15)9-4-1-3-8(7-9)11(18)17-6-2-5-10(16)19/h8-9H,1-7H2,(H2,16,19)(H,17,18). The van der Waals surface area contributed by atoms with Crippen molar-refractivity contribution in [1.29, 1.82) is 0 Å². The second-order valence-electron chi connectivity index (χ2n) is 4.96. The van der Waals surface area contributed by atoms with E-state index in [9.17, 15) is 18.0 Å². The van der Waals surface area contributed by atoms with Crippen molar-refractivity contribution in [3.8, 4) is 0 Å².